The topological polar surface area (TPSA) is 54.9 Å². The number of rotatable bonds is 4. The molecule has 0 saturated heterocycles. The van der Waals surface area contributed by atoms with Crippen LogP contribution < -0.4 is 5.32 Å². The van der Waals surface area contributed by atoms with E-state index in [1.807, 2.05) is 24.3 Å². The molecule has 0 aliphatic heterocycles. The van der Waals surface area contributed by atoms with Crippen molar-refractivity contribution in [2.24, 2.45) is 0 Å². The van der Waals surface area contributed by atoms with Crippen LogP contribution in [0.15, 0.2) is 24.3 Å². The van der Waals surface area contributed by atoms with Crippen LogP contribution in [0.25, 0.3) is 0 Å². The molecule has 0 radical (unpaired) electrons. The number of anilines is 1. The van der Waals surface area contributed by atoms with Crippen molar-refractivity contribution in [2.45, 2.75) is 18.7 Å². The lowest BCUT2D eigenvalue weighted by atomic mass is 10.2. The smallest absolute Gasteiger partial charge is 0.243 e. The Morgan fingerprint density at radius 3 is 2.68 bits per heavy atom. The highest BCUT2D eigenvalue weighted by molar-refractivity contribution is 7.15. The number of carbonyl (C=O) groups excluding carboxylic acids is 1. The number of carbonyl (C=O) groups is 1. The summed E-state index contributed by atoms with van der Waals surface area (Å²) in [5.41, 5.74) is 1.09. The van der Waals surface area contributed by atoms with Crippen LogP contribution in [0.5, 0.6) is 0 Å². The molecule has 100 valence electrons. The van der Waals surface area contributed by atoms with E-state index in [1.54, 1.807) is 6.92 Å². The quantitative estimate of drug-likeness (QED) is 0.880. The molecule has 2 rings (SSSR count). The highest BCUT2D eigenvalue weighted by Gasteiger charge is 2.12. The summed E-state index contributed by atoms with van der Waals surface area (Å²) in [5, 5.41) is 11.9. The van der Waals surface area contributed by atoms with Crippen molar-refractivity contribution < 1.29 is 4.79 Å². The molecular formula is C12H11Cl2N3OS. The number of hydrogen-bond acceptors (Lipinski definition) is 4. The molecule has 7 heteroatoms. The summed E-state index contributed by atoms with van der Waals surface area (Å²) >= 11 is 12.8. The van der Waals surface area contributed by atoms with Crippen LogP contribution in [-0.4, -0.2) is 21.5 Å². The summed E-state index contributed by atoms with van der Waals surface area (Å²) in [6, 6.07) is 7.53. The molecule has 1 heterocycles. The van der Waals surface area contributed by atoms with E-state index in [0.717, 1.165) is 10.6 Å². The fourth-order valence-electron chi connectivity index (χ4n) is 1.36. The Kier molecular flexibility index (Phi) is 4.74. The minimum Gasteiger partial charge on any atom is -0.299 e. The third-order valence-electron chi connectivity index (χ3n) is 2.33. The van der Waals surface area contributed by atoms with Gasteiger partial charge in [-0.1, -0.05) is 35.1 Å². The van der Waals surface area contributed by atoms with E-state index >= 15 is 0 Å². The molecular weight excluding hydrogens is 305 g/mol. The van der Waals surface area contributed by atoms with Crippen molar-refractivity contribution in [1.29, 1.82) is 0 Å². The molecule has 19 heavy (non-hydrogen) atoms. The van der Waals surface area contributed by atoms with Gasteiger partial charge in [0.25, 0.3) is 0 Å². The van der Waals surface area contributed by atoms with Gasteiger partial charge in [0.1, 0.15) is 10.4 Å². The monoisotopic (exact) mass is 315 g/mol. The van der Waals surface area contributed by atoms with Crippen LogP contribution in [0.4, 0.5) is 5.13 Å². The SMILES string of the molecule is C[C@@H](Cl)C(=O)Nc1nnc(Cc2ccc(Cl)cc2)s1. The lowest BCUT2D eigenvalue weighted by molar-refractivity contribution is -0.115. The molecule has 1 aromatic heterocycles. The van der Waals surface area contributed by atoms with Gasteiger partial charge in [0.05, 0.1) is 0 Å². The minimum atomic E-state index is -0.594. The van der Waals surface area contributed by atoms with Gasteiger partial charge in [-0.2, -0.15) is 0 Å². The number of hydrogen-bond donors (Lipinski definition) is 1. The van der Waals surface area contributed by atoms with E-state index in [4.69, 9.17) is 23.2 Å². The van der Waals surface area contributed by atoms with Crippen LogP contribution in [0.2, 0.25) is 5.02 Å². The molecule has 0 bridgehead atoms. The largest absolute Gasteiger partial charge is 0.299 e. The highest BCUT2D eigenvalue weighted by Crippen LogP contribution is 2.20. The molecule has 4 nitrogen and oxygen atoms in total. The predicted octanol–water partition coefficient (Wildman–Crippen LogP) is 3.35. The average Bonchev–Trinajstić information content (AvgIpc) is 2.79. The lowest BCUT2D eigenvalue weighted by Gasteiger charge is -2.00. The number of nitrogens with one attached hydrogen (secondary N) is 1. The maximum Gasteiger partial charge on any atom is 0.243 e. The summed E-state index contributed by atoms with van der Waals surface area (Å²) < 4.78 is 0. The van der Waals surface area contributed by atoms with Crippen molar-refractivity contribution >= 4 is 45.6 Å². The summed E-state index contributed by atoms with van der Waals surface area (Å²) in [5.74, 6) is -0.282. The first-order valence-electron chi connectivity index (χ1n) is 5.56. The van der Waals surface area contributed by atoms with Gasteiger partial charge in [-0.3, -0.25) is 10.1 Å². The van der Waals surface area contributed by atoms with E-state index in [2.05, 4.69) is 15.5 Å². The molecule has 0 fully saturated rings. The second-order valence-electron chi connectivity index (χ2n) is 3.91. The van der Waals surface area contributed by atoms with Gasteiger partial charge in [-0.25, -0.2) is 0 Å². The zero-order chi connectivity index (χ0) is 13.8. The van der Waals surface area contributed by atoms with E-state index in [-0.39, 0.29) is 5.91 Å². The number of benzene rings is 1. The molecule has 0 spiro atoms. The number of nitrogens with zero attached hydrogens (tertiary/aromatic N) is 2. The van der Waals surface area contributed by atoms with Crippen molar-refractivity contribution in [3.05, 3.63) is 39.9 Å². The maximum absolute atomic E-state index is 11.4. The Balaban J connectivity index is 2.01. The predicted molar refractivity (Wildman–Crippen MR) is 78.1 cm³/mol. The summed E-state index contributed by atoms with van der Waals surface area (Å²) in [6.45, 7) is 1.60. The van der Waals surface area contributed by atoms with Gasteiger partial charge in [0, 0.05) is 11.4 Å². The second-order valence-corrected chi connectivity index (χ2v) is 6.06. The normalized spacial score (nSPS) is 12.2. The maximum atomic E-state index is 11.4. The highest BCUT2D eigenvalue weighted by atomic mass is 35.5. The van der Waals surface area contributed by atoms with E-state index in [0.29, 0.717) is 16.6 Å². The molecule has 1 aromatic carbocycles. The molecule has 1 atom stereocenters. The summed E-state index contributed by atoms with van der Waals surface area (Å²) in [6.07, 6.45) is 0.654. The van der Waals surface area contributed by atoms with Crippen LogP contribution in [-0.2, 0) is 11.2 Å². The van der Waals surface area contributed by atoms with Crippen molar-refractivity contribution in [3.8, 4) is 0 Å². The Labute approximate surface area is 124 Å². The van der Waals surface area contributed by atoms with Crippen LogP contribution in [0.3, 0.4) is 0 Å². The number of alkyl halides is 1. The van der Waals surface area contributed by atoms with Crippen LogP contribution >= 0.6 is 34.5 Å². The Bertz CT molecular complexity index is 569. The molecule has 0 unspecified atom stereocenters. The van der Waals surface area contributed by atoms with Gasteiger partial charge in [-0.15, -0.1) is 21.8 Å². The van der Waals surface area contributed by atoms with Gasteiger partial charge < -0.3 is 0 Å². The lowest BCUT2D eigenvalue weighted by Crippen LogP contribution is -2.20. The molecule has 0 aliphatic carbocycles. The van der Waals surface area contributed by atoms with Gasteiger partial charge >= 0.3 is 0 Å². The minimum absolute atomic E-state index is 0.282. The number of aromatic nitrogens is 2. The summed E-state index contributed by atoms with van der Waals surface area (Å²) in [4.78, 5) is 11.4. The third kappa shape index (κ3) is 4.16. The number of halogens is 2. The Morgan fingerprint density at radius 1 is 1.37 bits per heavy atom. The first-order chi connectivity index (χ1) is 9.04. The standard InChI is InChI=1S/C12H11Cl2N3OS/c1-7(13)11(18)15-12-17-16-10(19-12)6-8-2-4-9(14)5-3-8/h2-5,7H,6H2,1H3,(H,15,17,18)/t7-/m1/s1. The van der Waals surface area contributed by atoms with E-state index in [1.165, 1.54) is 11.3 Å². The van der Waals surface area contributed by atoms with E-state index < -0.39 is 5.38 Å². The third-order valence-corrected chi connectivity index (χ3v) is 3.62. The first-order valence-corrected chi connectivity index (χ1v) is 7.19. The summed E-state index contributed by atoms with van der Waals surface area (Å²) in [7, 11) is 0. The van der Waals surface area contributed by atoms with Gasteiger partial charge in [0.2, 0.25) is 11.0 Å². The fourth-order valence-corrected chi connectivity index (χ4v) is 2.31. The molecule has 0 aliphatic rings. The Hall–Kier alpha value is -1.17. The first kappa shape index (κ1) is 14.2. The van der Waals surface area contributed by atoms with Gasteiger partial charge in [0.15, 0.2) is 0 Å². The molecule has 0 saturated carbocycles. The van der Waals surface area contributed by atoms with E-state index in [9.17, 15) is 4.79 Å². The molecule has 1 amide bonds. The Morgan fingerprint density at radius 2 is 2.05 bits per heavy atom. The van der Waals surface area contributed by atoms with Crippen molar-refractivity contribution in [3.63, 3.8) is 0 Å². The fraction of sp³-hybridized carbons (Fsp3) is 0.250. The van der Waals surface area contributed by atoms with Crippen LogP contribution in [0, 0.1) is 0 Å². The zero-order valence-corrected chi connectivity index (χ0v) is 12.4. The average molecular weight is 316 g/mol. The van der Waals surface area contributed by atoms with Gasteiger partial charge in [-0.05, 0) is 24.6 Å². The second kappa shape index (κ2) is 6.32. The molecule has 2 aromatic rings. The van der Waals surface area contributed by atoms with Crippen LogP contribution in [0.1, 0.15) is 17.5 Å². The molecule has 1 N–H and O–H groups in total. The van der Waals surface area contributed by atoms with Crippen molar-refractivity contribution in [1.82, 2.24) is 10.2 Å². The number of amides is 1. The zero-order valence-electron chi connectivity index (χ0n) is 10.1. The van der Waals surface area contributed by atoms with Crippen molar-refractivity contribution in [2.75, 3.05) is 5.32 Å².